The van der Waals surface area contributed by atoms with Crippen LogP contribution in [0.2, 0.25) is 0 Å². The Morgan fingerprint density at radius 2 is 2.00 bits per heavy atom. The number of hydrogen-bond acceptors (Lipinski definition) is 2. The van der Waals surface area contributed by atoms with Crippen LogP contribution in [0.5, 0.6) is 5.75 Å². The Bertz CT molecular complexity index is 971. The fourth-order valence-electron chi connectivity index (χ4n) is 7.67. The minimum Gasteiger partial charge on any atom is -0.497 e. The first-order valence-electron chi connectivity index (χ1n) is 11.3. The van der Waals surface area contributed by atoms with E-state index in [0.29, 0.717) is 11.5 Å². The van der Waals surface area contributed by atoms with Crippen LogP contribution in [-0.4, -0.2) is 13.2 Å². The summed E-state index contributed by atoms with van der Waals surface area (Å²) in [4.78, 5) is 0. The van der Waals surface area contributed by atoms with Crippen molar-refractivity contribution >= 4 is 21.6 Å². The molecule has 1 aliphatic heterocycles. The van der Waals surface area contributed by atoms with Gasteiger partial charge >= 0.3 is 0 Å². The topological polar surface area (TPSA) is 21.3 Å². The van der Waals surface area contributed by atoms with Crippen molar-refractivity contribution in [3.8, 4) is 5.75 Å². The summed E-state index contributed by atoms with van der Waals surface area (Å²) in [5, 5.41) is 4.02. The molecule has 0 aromatic heterocycles. The molecule has 2 aromatic rings. The number of fused-ring (bicyclic) bond motifs is 8. The highest BCUT2D eigenvalue weighted by Crippen LogP contribution is 2.64. The summed E-state index contributed by atoms with van der Waals surface area (Å²) in [5.74, 6) is 4.23. The maximum Gasteiger partial charge on any atom is 0.119 e. The third-order valence-electron chi connectivity index (χ3n) is 8.97. The molecular weight excluding hydrogens is 422 g/mol. The lowest BCUT2D eigenvalue weighted by atomic mass is 9.55. The molecule has 6 rings (SSSR count). The lowest BCUT2D eigenvalue weighted by Crippen LogP contribution is -2.48. The zero-order valence-corrected chi connectivity index (χ0v) is 19.0. The van der Waals surface area contributed by atoms with Gasteiger partial charge in [-0.3, -0.25) is 0 Å². The van der Waals surface area contributed by atoms with Crippen LogP contribution < -0.4 is 10.1 Å². The number of aryl methyl sites for hydroxylation is 1. The number of methoxy groups -OCH3 is 1. The molecule has 1 N–H and O–H groups in total. The normalized spacial score (nSPS) is 36.7. The molecular formula is C26H30BrNO. The second-order valence-electron chi connectivity index (χ2n) is 10.1. The van der Waals surface area contributed by atoms with Gasteiger partial charge in [0.2, 0.25) is 0 Å². The van der Waals surface area contributed by atoms with Crippen molar-refractivity contribution in [2.45, 2.75) is 57.4 Å². The molecule has 3 heteroatoms. The van der Waals surface area contributed by atoms with E-state index in [1.807, 2.05) is 0 Å². The van der Waals surface area contributed by atoms with Gasteiger partial charge in [-0.05, 0) is 115 Å². The predicted molar refractivity (Wildman–Crippen MR) is 122 cm³/mol. The van der Waals surface area contributed by atoms with E-state index in [1.165, 1.54) is 54.2 Å². The van der Waals surface area contributed by atoms with Crippen molar-refractivity contribution in [1.82, 2.24) is 0 Å². The van der Waals surface area contributed by atoms with Gasteiger partial charge in [-0.1, -0.05) is 28.9 Å². The standard InChI is InChI=1S/C26H30BrNO/c1-26-10-9-21-20-7-5-19(29-2)13-15(20)3-6-22(21)23(26)14-17-11-16-12-18(27)4-8-24(16)28-25(17)26/h4-5,7-8,12-13,17,21-23,25,28H,3,6,9-11,14H2,1-2H3/t17-,21-,22-,23+,25+,26+/m1/s1. The Morgan fingerprint density at radius 1 is 1.10 bits per heavy atom. The third kappa shape index (κ3) is 2.65. The molecule has 0 bridgehead atoms. The minimum atomic E-state index is 0.431. The van der Waals surface area contributed by atoms with Crippen molar-refractivity contribution in [3.63, 3.8) is 0 Å². The third-order valence-corrected chi connectivity index (χ3v) is 9.46. The Labute approximate surface area is 182 Å². The second kappa shape index (κ2) is 6.51. The van der Waals surface area contributed by atoms with E-state index in [2.05, 4.69) is 64.6 Å². The quantitative estimate of drug-likeness (QED) is 0.528. The van der Waals surface area contributed by atoms with Crippen LogP contribution in [0.25, 0.3) is 0 Å². The molecule has 0 saturated heterocycles. The zero-order chi connectivity index (χ0) is 19.8. The molecule has 4 aliphatic rings. The second-order valence-corrected chi connectivity index (χ2v) is 11.1. The highest BCUT2D eigenvalue weighted by molar-refractivity contribution is 9.10. The van der Waals surface area contributed by atoms with Crippen LogP contribution in [0.3, 0.4) is 0 Å². The molecule has 0 unspecified atom stereocenters. The summed E-state index contributed by atoms with van der Waals surface area (Å²) < 4.78 is 6.70. The largest absolute Gasteiger partial charge is 0.497 e. The van der Waals surface area contributed by atoms with Crippen LogP contribution >= 0.6 is 15.9 Å². The first-order valence-corrected chi connectivity index (χ1v) is 12.1. The van der Waals surface area contributed by atoms with Crippen molar-refractivity contribution in [2.75, 3.05) is 12.4 Å². The summed E-state index contributed by atoms with van der Waals surface area (Å²) >= 11 is 3.67. The molecule has 1 heterocycles. The van der Waals surface area contributed by atoms with E-state index in [-0.39, 0.29) is 0 Å². The molecule has 2 fully saturated rings. The van der Waals surface area contributed by atoms with Crippen molar-refractivity contribution in [2.24, 2.45) is 23.2 Å². The summed E-state index contributed by atoms with van der Waals surface area (Å²) in [7, 11) is 1.78. The Kier molecular flexibility index (Phi) is 4.11. The maximum atomic E-state index is 5.49. The van der Waals surface area contributed by atoms with Gasteiger partial charge < -0.3 is 10.1 Å². The van der Waals surface area contributed by atoms with Gasteiger partial charge in [0.25, 0.3) is 0 Å². The van der Waals surface area contributed by atoms with Gasteiger partial charge in [0.1, 0.15) is 5.75 Å². The first kappa shape index (κ1) is 18.3. The van der Waals surface area contributed by atoms with E-state index < -0.39 is 0 Å². The van der Waals surface area contributed by atoms with Crippen LogP contribution in [-0.2, 0) is 12.8 Å². The molecule has 152 valence electrons. The number of halogens is 1. The number of hydrogen-bond donors (Lipinski definition) is 1. The zero-order valence-electron chi connectivity index (χ0n) is 17.4. The fraction of sp³-hybridized carbons (Fsp3) is 0.538. The van der Waals surface area contributed by atoms with E-state index in [9.17, 15) is 0 Å². The highest BCUT2D eigenvalue weighted by Gasteiger charge is 2.59. The Morgan fingerprint density at radius 3 is 2.86 bits per heavy atom. The molecule has 3 aliphatic carbocycles. The van der Waals surface area contributed by atoms with Gasteiger partial charge in [0.15, 0.2) is 0 Å². The van der Waals surface area contributed by atoms with Crippen LogP contribution in [0.15, 0.2) is 40.9 Å². The summed E-state index contributed by atoms with van der Waals surface area (Å²) in [6.07, 6.45) is 7.90. The van der Waals surface area contributed by atoms with E-state index in [4.69, 9.17) is 4.74 Å². The van der Waals surface area contributed by atoms with Crippen molar-refractivity contribution < 1.29 is 4.74 Å². The lowest BCUT2D eigenvalue weighted by Gasteiger charge is -2.51. The van der Waals surface area contributed by atoms with Crippen LogP contribution in [0.4, 0.5) is 5.69 Å². The SMILES string of the molecule is COc1ccc2c(c1)CC[C@@H]1[C@@H]2CC[C@@]2(C)[C@H]1C[C@H]1Cc3cc(Br)ccc3N[C@@H]12. The average Bonchev–Trinajstić information content (AvgIpc) is 3.03. The van der Waals surface area contributed by atoms with Crippen molar-refractivity contribution in [1.29, 1.82) is 0 Å². The van der Waals surface area contributed by atoms with Gasteiger partial charge in [-0.15, -0.1) is 0 Å². The van der Waals surface area contributed by atoms with E-state index in [1.54, 1.807) is 18.2 Å². The number of nitrogens with one attached hydrogen (secondary N) is 1. The summed E-state index contributed by atoms with van der Waals surface area (Å²) in [6, 6.07) is 14.3. The lowest BCUT2D eigenvalue weighted by molar-refractivity contribution is 0.0530. The number of benzene rings is 2. The average molecular weight is 452 g/mol. The highest BCUT2D eigenvalue weighted by atomic mass is 79.9. The van der Waals surface area contributed by atoms with Gasteiger partial charge in [-0.25, -0.2) is 0 Å². The Hall–Kier alpha value is -1.48. The minimum absolute atomic E-state index is 0.431. The molecule has 2 saturated carbocycles. The van der Waals surface area contributed by atoms with Gasteiger partial charge in [0, 0.05) is 16.2 Å². The molecule has 0 spiro atoms. The predicted octanol–water partition coefficient (Wildman–Crippen LogP) is 6.58. The van der Waals surface area contributed by atoms with Crippen molar-refractivity contribution in [3.05, 3.63) is 57.6 Å². The van der Waals surface area contributed by atoms with Crippen LogP contribution in [0.1, 0.15) is 55.2 Å². The maximum absolute atomic E-state index is 5.49. The smallest absolute Gasteiger partial charge is 0.119 e. The molecule has 2 nitrogen and oxygen atoms in total. The molecule has 29 heavy (non-hydrogen) atoms. The summed E-state index contributed by atoms with van der Waals surface area (Å²) in [5.41, 5.74) is 6.47. The van der Waals surface area contributed by atoms with Gasteiger partial charge in [-0.2, -0.15) is 0 Å². The summed E-state index contributed by atoms with van der Waals surface area (Å²) in [6.45, 7) is 2.61. The fourth-order valence-corrected chi connectivity index (χ4v) is 8.08. The molecule has 0 amide bonds. The van der Waals surface area contributed by atoms with E-state index >= 15 is 0 Å². The monoisotopic (exact) mass is 451 g/mol. The van der Waals surface area contributed by atoms with Gasteiger partial charge in [0.05, 0.1) is 7.11 Å². The first-order chi connectivity index (χ1) is 14.1. The number of anilines is 1. The molecule has 2 aromatic carbocycles. The van der Waals surface area contributed by atoms with Crippen LogP contribution in [0, 0.1) is 23.2 Å². The number of rotatable bonds is 1. The Balaban J connectivity index is 1.32. The van der Waals surface area contributed by atoms with E-state index in [0.717, 1.165) is 29.4 Å². The molecule has 6 atom stereocenters. The molecule has 0 radical (unpaired) electrons. The number of ether oxygens (including phenoxy) is 1.